The van der Waals surface area contributed by atoms with Crippen molar-refractivity contribution in [3.63, 3.8) is 0 Å². The Hall–Kier alpha value is -1.54. The lowest BCUT2D eigenvalue weighted by Crippen LogP contribution is -2.62. The molecule has 2 unspecified atom stereocenters. The molecule has 0 radical (unpaired) electrons. The predicted octanol–water partition coefficient (Wildman–Crippen LogP) is 0.842. The molecule has 0 bridgehead atoms. The van der Waals surface area contributed by atoms with Crippen molar-refractivity contribution in [2.75, 3.05) is 13.7 Å². The van der Waals surface area contributed by atoms with Gasteiger partial charge >= 0.3 is 6.03 Å². The number of terminal acetylenes is 1. The summed E-state index contributed by atoms with van der Waals surface area (Å²) in [5, 5.41) is 0. The topological polar surface area (TPSA) is 67.9 Å². The zero-order valence-corrected chi connectivity index (χ0v) is 10.7. The Balaban J connectivity index is 3.27. The second-order valence-corrected chi connectivity index (χ2v) is 4.50. The van der Waals surface area contributed by atoms with Crippen LogP contribution in [0.3, 0.4) is 0 Å². The Labute approximate surface area is 102 Å². The molecule has 2 N–H and O–H groups in total. The zero-order chi connectivity index (χ0) is 13.2. The van der Waals surface area contributed by atoms with Gasteiger partial charge in [-0.15, -0.1) is 6.42 Å². The predicted molar refractivity (Wildman–Crippen MR) is 66.6 cm³/mol. The van der Waals surface area contributed by atoms with Gasteiger partial charge in [0.2, 0.25) is 0 Å². The molecule has 0 aromatic carbocycles. The first-order valence-electron chi connectivity index (χ1n) is 5.54. The Bertz CT molecular complexity index is 384. The number of carbonyl (C=O) groups excluding carboxylic acids is 1. The molecule has 0 spiro atoms. The van der Waals surface area contributed by atoms with Crippen molar-refractivity contribution in [2.45, 2.75) is 32.4 Å². The van der Waals surface area contributed by atoms with Crippen molar-refractivity contribution < 1.29 is 9.53 Å². The van der Waals surface area contributed by atoms with Crippen molar-refractivity contribution in [3.8, 4) is 12.3 Å². The van der Waals surface area contributed by atoms with Crippen LogP contribution in [-0.4, -0.2) is 42.1 Å². The number of nitrogens with zero attached hydrogens (tertiary/aromatic N) is 2. The van der Waals surface area contributed by atoms with Crippen LogP contribution in [0.15, 0.2) is 4.99 Å². The fraction of sp³-hybridized carbons (Fsp3) is 0.667. The van der Waals surface area contributed by atoms with Gasteiger partial charge in [0.05, 0.1) is 12.6 Å². The number of aliphatic imine (C=N–C) groups is 1. The maximum Gasteiger partial charge on any atom is 0.347 e. The number of methoxy groups -OCH3 is 1. The first-order valence-corrected chi connectivity index (χ1v) is 5.54. The molecule has 2 atom stereocenters. The molecule has 0 aromatic rings. The van der Waals surface area contributed by atoms with Crippen molar-refractivity contribution in [3.05, 3.63) is 0 Å². The van der Waals surface area contributed by atoms with Crippen molar-refractivity contribution in [1.29, 1.82) is 0 Å². The van der Waals surface area contributed by atoms with E-state index in [2.05, 4.69) is 10.9 Å². The molecule has 0 saturated carbocycles. The molecule has 1 aliphatic rings. The first kappa shape index (κ1) is 13.5. The van der Waals surface area contributed by atoms with E-state index in [0.717, 1.165) is 0 Å². The minimum atomic E-state index is -0.738. The van der Waals surface area contributed by atoms with Crippen molar-refractivity contribution in [2.24, 2.45) is 16.6 Å². The summed E-state index contributed by atoms with van der Waals surface area (Å²) in [6.07, 6.45) is 5.40. The summed E-state index contributed by atoms with van der Waals surface area (Å²) in [5.41, 5.74) is 5.17. The van der Waals surface area contributed by atoms with Gasteiger partial charge in [0, 0.05) is 7.11 Å². The Morgan fingerprint density at radius 3 is 2.59 bits per heavy atom. The van der Waals surface area contributed by atoms with Gasteiger partial charge in [0.15, 0.2) is 0 Å². The molecule has 1 heterocycles. The van der Waals surface area contributed by atoms with Crippen LogP contribution in [0.25, 0.3) is 0 Å². The third-order valence-corrected chi connectivity index (χ3v) is 3.24. The summed E-state index contributed by atoms with van der Waals surface area (Å²) in [7, 11) is 1.57. The number of urea groups is 1. The lowest BCUT2D eigenvalue weighted by molar-refractivity contribution is 0.0480. The Morgan fingerprint density at radius 2 is 2.18 bits per heavy atom. The SMILES string of the molecule is C#CC(C)N1C(=O)N=C(N)C1(COC)C(C)C. The summed E-state index contributed by atoms with van der Waals surface area (Å²) in [5.74, 6) is 2.89. The van der Waals surface area contributed by atoms with Gasteiger partial charge in [-0.25, -0.2) is 4.79 Å². The zero-order valence-electron chi connectivity index (χ0n) is 10.7. The number of rotatable bonds is 4. The molecule has 0 aliphatic carbocycles. The summed E-state index contributed by atoms with van der Waals surface area (Å²) >= 11 is 0. The average Bonchev–Trinajstić information content (AvgIpc) is 2.51. The summed E-state index contributed by atoms with van der Waals surface area (Å²) in [6, 6.07) is -0.761. The number of nitrogens with two attached hydrogens (primary N) is 1. The molecule has 94 valence electrons. The maximum atomic E-state index is 11.9. The Morgan fingerprint density at radius 1 is 1.59 bits per heavy atom. The van der Waals surface area contributed by atoms with Crippen LogP contribution in [0.5, 0.6) is 0 Å². The number of amides is 2. The second-order valence-electron chi connectivity index (χ2n) is 4.50. The van der Waals surface area contributed by atoms with E-state index in [4.69, 9.17) is 16.9 Å². The molecule has 5 heteroatoms. The highest BCUT2D eigenvalue weighted by Crippen LogP contribution is 2.33. The third kappa shape index (κ3) is 1.89. The van der Waals surface area contributed by atoms with E-state index in [1.54, 1.807) is 14.0 Å². The van der Waals surface area contributed by atoms with E-state index in [0.29, 0.717) is 0 Å². The van der Waals surface area contributed by atoms with E-state index in [9.17, 15) is 4.79 Å². The highest BCUT2D eigenvalue weighted by molar-refractivity contribution is 6.06. The van der Waals surface area contributed by atoms with E-state index in [1.807, 2.05) is 13.8 Å². The van der Waals surface area contributed by atoms with Crippen LogP contribution < -0.4 is 5.73 Å². The van der Waals surface area contributed by atoms with Gasteiger partial charge < -0.3 is 10.5 Å². The van der Waals surface area contributed by atoms with Crippen LogP contribution in [0.2, 0.25) is 0 Å². The molecule has 0 aromatic heterocycles. The van der Waals surface area contributed by atoms with E-state index in [1.165, 1.54) is 4.90 Å². The smallest absolute Gasteiger partial charge is 0.347 e. The van der Waals surface area contributed by atoms with Gasteiger partial charge in [-0.05, 0) is 12.8 Å². The molecule has 1 aliphatic heterocycles. The van der Waals surface area contributed by atoms with Gasteiger partial charge in [-0.2, -0.15) is 4.99 Å². The van der Waals surface area contributed by atoms with Crippen LogP contribution in [0, 0.1) is 18.3 Å². The number of amidine groups is 1. The van der Waals surface area contributed by atoms with Gasteiger partial charge in [0.1, 0.15) is 11.4 Å². The average molecular weight is 237 g/mol. The quantitative estimate of drug-likeness (QED) is 0.737. The van der Waals surface area contributed by atoms with Crippen molar-refractivity contribution >= 4 is 11.9 Å². The Kier molecular flexibility index (Phi) is 3.79. The number of carbonyl (C=O) groups is 1. The minimum absolute atomic E-state index is 0.0634. The number of ether oxygens (including phenoxy) is 1. The maximum absolute atomic E-state index is 11.9. The van der Waals surface area contributed by atoms with Crippen molar-refractivity contribution in [1.82, 2.24) is 4.90 Å². The molecule has 1 rings (SSSR count). The lowest BCUT2D eigenvalue weighted by Gasteiger charge is -2.42. The molecule has 0 saturated heterocycles. The largest absolute Gasteiger partial charge is 0.385 e. The lowest BCUT2D eigenvalue weighted by atomic mass is 9.84. The highest BCUT2D eigenvalue weighted by Gasteiger charge is 2.52. The van der Waals surface area contributed by atoms with Crippen LogP contribution in [0.1, 0.15) is 20.8 Å². The fourth-order valence-corrected chi connectivity index (χ4v) is 2.24. The molecular weight excluding hydrogens is 218 g/mol. The number of hydrogen-bond acceptors (Lipinski definition) is 3. The van der Waals surface area contributed by atoms with E-state index in [-0.39, 0.29) is 24.4 Å². The summed E-state index contributed by atoms with van der Waals surface area (Å²) < 4.78 is 5.21. The van der Waals surface area contributed by atoms with Crippen LogP contribution in [-0.2, 0) is 4.74 Å². The monoisotopic (exact) mass is 237 g/mol. The molecule has 5 nitrogen and oxygen atoms in total. The minimum Gasteiger partial charge on any atom is -0.385 e. The fourth-order valence-electron chi connectivity index (χ4n) is 2.24. The molecule has 0 fully saturated rings. The normalized spacial score (nSPS) is 26.0. The van der Waals surface area contributed by atoms with Crippen LogP contribution in [0.4, 0.5) is 4.79 Å². The van der Waals surface area contributed by atoms with Gasteiger partial charge in [-0.3, -0.25) is 4.90 Å². The van der Waals surface area contributed by atoms with Gasteiger partial charge in [-0.1, -0.05) is 19.8 Å². The van der Waals surface area contributed by atoms with E-state index < -0.39 is 11.6 Å². The molecular formula is C12H19N3O2. The highest BCUT2D eigenvalue weighted by atomic mass is 16.5. The van der Waals surface area contributed by atoms with Gasteiger partial charge in [0.25, 0.3) is 0 Å². The second kappa shape index (κ2) is 4.76. The molecule has 2 amide bonds. The standard InChI is InChI=1S/C12H19N3O2/c1-6-9(4)15-11(16)14-10(13)12(15,7-17-5)8(2)3/h1,8-9H,7H2,2-5H3,(H2,13,14,16). The van der Waals surface area contributed by atoms with E-state index >= 15 is 0 Å². The van der Waals surface area contributed by atoms with Crippen LogP contribution >= 0.6 is 0 Å². The number of hydrogen-bond donors (Lipinski definition) is 1. The summed E-state index contributed by atoms with van der Waals surface area (Å²) in [6.45, 7) is 6.00. The molecule has 17 heavy (non-hydrogen) atoms. The summed E-state index contributed by atoms with van der Waals surface area (Å²) in [4.78, 5) is 17.3. The third-order valence-electron chi connectivity index (χ3n) is 3.24. The first-order chi connectivity index (χ1) is 7.91.